The van der Waals surface area contributed by atoms with E-state index >= 15 is 0 Å². The fourth-order valence-corrected chi connectivity index (χ4v) is 3.98. The third-order valence-electron chi connectivity index (χ3n) is 5.07. The fraction of sp³-hybridized carbons (Fsp3) is 1.00. The third kappa shape index (κ3) is 2.44. The molecule has 0 aliphatic carbocycles. The minimum Gasteiger partial charge on any atom is -0.375 e. The van der Waals surface area contributed by atoms with E-state index in [4.69, 9.17) is 20.9 Å². The van der Waals surface area contributed by atoms with Crippen molar-refractivity contribution in [3.05, 3.63) is 0 Å². The van der Waals surface area contributed by atoms with Gasteiger partial charge in [0.25, 0.3) is 0 Å². The van der Waals surface area contributed by atoms with Gasteiger partial charge in [-0.3, -0.25) is 0 Å². The molecule has 0 aromatic carbocycles. The average Bonchev–Trinajstić information content (AvgIpc) is 3.17. The van der Waals surface area contributed by atoms with Gasteiger partial charge in [0.1, 0.15) is 0 Å². The predicted molar refractivity (Wildman–Crippen MR) is 70.1 cm³/mol. The predicted octanol–water partition coefficient (Wildman–Crippen LogP) is 1.03. The van der Waals surface area contributed by atoms with E-state index in [-0.39, 0.29) is 0 Å². The molecule has 0 amide bonds. The number of rotatable bonds is 2. The molecule has 4 nitrogen and oxygen atoms in total. The van der Waals surface area contributed by atoms with Crippen LogP contribution in [0.15, 0.2) is 0 Å². The van der Waals surface area contributed by atoms with E-state index in [0.29, 0.717) is 36.3 Å². The summed E-state index contributed by atoms with van der Waals surface area (Å²) < 4.78 is 11.2. The Morgan fingerprint density at radius 2 is 1.17 bits per heavy atom. The molecule has 4 saturated heterocycles. The number of nitrogens with two attached hydrogens (primary N) is 2. The van der Waals surface area contributed by atoms with Gasteiger partial charge in [-0.25, -0.2) is 0 Å². The molecule has 6 atom stereocenters. The molecule has 4 heteroatoms. The lowest BCUT2D eigenvalue weighted by atomic mass is 9.89. The zero-order chi connectivity index (χ0) is 12.5. The number of fused-ring (bicyclic) bond motifs is 4. The van der Waals surface area contributed by atoms with E-state index in [1.807, 2.05) is 0 Å². The third-order valence-corrected chi connectivity index (χ3v) is 5.07. The minimum absolute atomic E-state index is 0.528. The van der Waals surface area contributed by atoms with Crippen molar-refractivity contribution in [2.45, 2.75) is 62.9 Å². The maximum atomic E-state index is 5.60. The summed E-state index contributed by atoms with van der Waals surface area (Å²) in [4.78, 5) is 0. The van der Waals surface area contributed by atoms with Crippen LogP contribution in [0.4, 0.5) is 0 Å². The molecule has 18 heavy (non-hydrogen) atoms. The van der Waals surface area contributed by atoms with Crippen molar-refractivity contribution in [2.75, 3.05) is 13.1 Å². The molecule has 4 N–H and O–H groups in total. The van der Waals surface area contributed by atoms with Gasteiger partial charge in [0.2, 0.25) is 0 Å². The molecule has 0 aromatic heterocycles. The average molecular weight is 254 g/mol. The number of hydrogen-bond donors (Lipinski definition) is 2. The highest BCUT2D eigenvalue weighted by Gasteiger charge is 2.40. The van der Waals surface area contributed by atoms with Crippen LogP contribution in [-0.2, 0) is 9.47 Å². The molecular weight excluding hydrogens is 228 g/mol. The van der Waals surface area contributed by atoms with Crippen LogP contribution in [0, 0.1) is 11.8 Å². The Morgan fingerprint density at radius 3 is 1.33 bits per heavy atom. The van der Waals surface area contributed by atoms with Crippen LogP contribution in [-0.4, -0.2) is 37.5 Å². The summed E-state index contributed by atoms with van der Waals surface area (Å²) in [6.07, 6.45) is 9.72. The summed E-state index contributed by atoms with van der Waals surface area (Å²) >= 11 is 0. The van der Waals surface area contributed by atoms with Gasteiger partial charge in [0, 0.05) is 0 Å². The molecule has 104 valence electrons. The number of ether oxygens (including phenoxy) is 2. The Labute approximate surface area is 109 Å². The Morgan fingerprint density at radius 1 is 0.722 bits per heavy atom. The molecular formula is C14H26N2O2. The molecule has 0 radical (unpaired) electrons. The largest absolute Gasteiger partial charge is 0.375 e. The molecule has 4 aliphatic rings. The molecule has 4 aliphatic heterocycles. The Kier molecular flexibility index (Phi) is 3.89. The lowest BCUT2D eigenvalue weighted by molar-refractivity contribution is 0.0934. The van der Waals surface area contributed by atoms with E-state index in [2.05, 4.69) is 0 Å². The molecule has 4 rings (SSSR count). The highest BCUT2D eigenvalue weighted by Crippen LogP contribution is 2.38. The SMILES string of the molecule is NC[C@@H]1C[C@@H]2CC[C@H]1O2.NC[C@H]1C[C@H]2CC[C@@H]1O2. The Hall–Kier alpha value is -0.160. The smallest absolute Gasteiger partial charge is 0.0621 e. The van der Waals surface area contributed by atoms with Crippen LogP contribution in [0.2, 0.25) is 0 Å². The second-order valence-electron chi connectivity index (χ2n) is 6.21. The molecule has 4 heterocycles. The normalized spacial score (nSPS) is 48.3. The van der Waals surface area contributed by atoms with Gasteiger partial charge >= 0.3 is 0 Å². The maximum Gasteiger partial charge on any atom is 0.0621 e. The van der Waals surface area contributed by atoms with Gasteiger partial charge in [-0.05, 0) is 63.5 Å². The molecule has 0 unspecified atom stereocenters. The Bertz CT molecular complexity index is 259. The summed E-state index contributed by atoms with van der Waals surface area (Å²) in [7, 11) is 0. The molecule has 0 spiro atoms. The van der Waals surface area contributed by atoms with Crippen LogP contribution in [0.1, 0.15) is 38.5 Å². The summed E-state index contributed by atoms with van der Waals surface area (Å²) in [5, 5.41) is 0. The standard InChI is InChI=1S/2C7H13NO/c2*8-4-5-3-6-1-2-7(5)9-6/h2*5-7H,1-4,8H2/t2*5-,6-,7+/m10/s1. The molecule has 0 saturated carbocycles. The summed E-state index contributed by atoms with van der Waals surface area (Å²) in [5.41, 5.74) is 11.1. The van der Waals surface area contributed by atoms with Crippen LogP contribution in [0.25, 0.3) is 0 Å². The summed E-state index contributed by atoms with van der Waals surface area (Å²) in [6, 6.07) is 0. The van der Waals surface area contributed by atoms with Gasteiger partial charge in [0.05, 0.1) is 24.4 Å². The fourth-order valence-electron chi connectivity index (χ4n) is 3.98. The molecule has 0 aromatic rings. The first-order chi connectivity index (χ1) is 8.80. The van der Waals surface area contributed by atoms with Crippen molar-refractivity contribution in [1.82, 2.24) is 0 Å². The Balaban J connectivity index is 0.000000111. The van der Waals surface area contributed by atoms with Crippen LogP contribution in [0.3, 0.4) is 0 Å². The summed E-state index contributed by atoms with van der Waals surface area (Å²) in [5.74, 6) is 1.37. The van der Waals surface area contributed by atoms with Gasteiger partial charge < -0.3 is 20.9 Å². The van der Waals surface area contributed by atoms with Crippen LogP contribution in [0.5, 0.6) is 0 Å². The molecule has 4 bridgehead atoms. The number of hydrogen-bond acceptors (Lipinski definition) is 4. The van der Waals surface area contributed by atoms with E-state index in [1.54, 1.807) is 0 Å². The first kappa shape index (κ1) is 12.9. The maximum absolute atomic E-state index is 5.60. The topological polar surface area (TPSA) is 70.5 Å². The quantitative estimate of drug-likeness (QED) is 0.772. The minimum atomic E-state index is 0.528. The second-order valence-corrected chi connectivity index (χ2v) is 6.21. The van der Waals surface area contributed by atoms with Gasteiger partial charge in [-0.2, -0.15) is 0 Å². The van der Waals surface area contributed by atoms with Crippen molar-refractivity contribution < 1.29 is 9.47 Å². The first-order valence-corrected chi connectivity index (χ1v) is 7.51. The van der Waals surface area contributed by atoms with Gasteiger partial charge in [0.15, 0.2) is 0 Å². The van der Waals surface area contributed by atoms with Crippen molar-refractivity contribution in [3.63, 3.8) is 0 Å². The van der Waals surface area contributed by atoms with Gasteiger partial charge in [-0.1, -0.05) is 0 Å². The van der Waals surface area contributed by atoms with Crippen LogP contribution >= 0.6 is 0 Å². The van der Waals surface area contributed by atoms with Crippen molar-refractivity contribution in [1.29, 1.82) is 0 Å². The zero-order valence-corrected chi connectivity index (χ0v) is 11.1. The van der Waals surface area contributed by atoms with E-state index in [9.17, 15) is 0 Å². The second kappa shape index (κ2) is 5.45. The van der Waals surface area contributed by atoms with E-state index < -0.39 is 0 Å². The highest BCUT2D eigenvalue weighted by atomic mass is 16.5. The lowest BCUT2D eigenvalue weighted by Gasteiger charge is -2.14. The van der Waals surface area contributed by atoms with Crippen molar-refractivity contribution >= 4 is 0 Å². The van der Waals surface area contributed by atoms with Gasteiger partial charge in [-0.15, -0.1) is 0 Å². The highest BCUT2D eigenvalue weighted by molar-refractivity contribution is 4.90. The first-order valence-electron chi connectivity index (χ1n) is 7.51. The molecule has 4 fully saturated rings. The summed E-state index contributed by atoms with van der Waals surface area (Å²) in [6.45, 7) is 1.64. The van der Waals surface area contributed by atoms with E-state index in [0.717, 1.165) is 13.1 Å². The monoisotopic (exact) mass is 254 g/mol. The van der Waals surface area contributed by atoms with Crippen molar-refractivity contribution in [3.8, 4) is 0 Å². The lowest BCUT2D eigenvalue weighted by Crippen LogP contribution is -2.24. The van der Waals surface area contributed by atoms with Crippen molar-refractivity contribution in [2.24, 2.45) is 23.3 Å². The van der Waals surface area contributed by atoms with Crippen LogP contribution < -0.4 is 11.5 Å². The van der Waals surface area contributed by atoms with E-state index in [1.165, 1.54) is 38.5 Å². The zero-order valence-electron chi connectivity index (χ0n) is 11.1.